The largest absolute Gasteiger partial charge is 0.335 e. The molecule has 16 heavy (non-hydrogen) atoms. The second kappa shape index (κ2) is 5.07. The molecule has 1 aromatic heterocycles. The fourth-order valence-corrected chi connectivity index (χ4v) is 2.02. The first-order chi connectivity index (χ1) is 7.81. The van der Waals surface area contributed by atoms with Crippen LogP contribution in [-0.4, -0.2) is 34.9 Å². The zero-order chi connectivity index (χ0) is 11.4. The van der Waals surface area contributed by atoms with Crippen molar-refractivity contribution < 1.29 is 4.79 Å². The molecule has 0 radical (unpaired) electrons. The molecule has 86 valence electrons. The van der Waals surface area contributed by atoms with Crippen molar-refractivity contribution in [2.75, 3.05) is 13.1 Å². The Bertz CT molecular complexity index is 353. The minimum atomic E-state index is 0.00807. The summed E-state index contributed by atoms with van der Waals surface area (Å²) in [5.74, 6) is 0.201. The molecule has 0 aliphatic carbocycles. The summed E-state index contributed by atoms with van der Waals surface area (Å²) >= 11 is 0. The summed E-state index contributed by atoms with van der Waals surface area (Å²) in [6.07, 6.45) is 2.66. The number of likely N-dealkylation sites (tertiary alicyclic amines) is 1. The molecule has 2 heterocycles. The Labute approximate surface area is 95.7 Å². The predicted octanol–water partition coefficient (Wildman–Crippen LogP) is 0.792. The molecule has 1 aromatic rings. The van der Waals surface area contributed by atoms with Gasteiger partial charge in [0.15, 0.2) is 0 Å². The zero-order valence-electron chi connectivity index (χ0n) is 9.52. The van der Waals surface area contributed by atoms with Crippen LogP contribution in [0, 0.1) is 0 Å². The molecule has 0 saturated carbocycles. The molecule has 1 unspecified atom stereocenters. The Morgan fingerprint density at radius 3 is 3.12 bits per heavy atom. The van der Waals surface area contributed by atoms with Crippen molar-refractivity contribution in [3.05, 3.63) is 30.1 Å². The number of hydrogen-bond acceptors (Lipinski definition) is 3. The van der Waals surface area contributed by atoms with Crippen molar-refractivity contribution in [3.63, 3.8) is 0 Å². The molecule has 1 amide bonds. The van der Waals surface area contributed by atoms with Gasteiger partial charge in [-0.25, -0.2) is 0 Å². The van der Waals surface area contributed by atoms with Gasteiger partial charge in [0.1, 0.15) is 0 Å². The summed E-state index contributed by atoms with van der Waals surface area (Å²) in [5, 5.41) is 3.20. The second-order valence-corrected chi connectivity index (χ2v) is 3.98. The number of rotatable bonds is 4. The molecule has 0 bridgehead atoms. The average molecular weight is 219 g/mol. The Morgan fingerprint density at radius 2 is 2.44 bits per heavy atom. The van der Waals surface area contributed by atoms with E-state index in [0.29, 0.717) is 6.54 Å². The smallest absolute Gasteiger partial charge is 0.240 e. The maximum absolute atomic E-state index is 11.9. The zero-order valence-corrected chi connectivity index (χ0v) is 9.52. The van der Waals surface area contributed by atoms with Gasteiger partial charge in [-0.15, -0.1) is 0 Å². The van der Waals surface area contributed by atoms with Crippen LogP contribution in [-0.2, 0) is 11.3 Å². The third kappa shape index (κ3) is 2.39. The quantitative estimate of drug-likeness (QED) is 0.814. The molecule has 1 fully saturated rings. The lowest BCUT2D eigenvalue weighted by atomic mass is 10.2. The van der Waals surface area contributed by atoms with Gasteiger partial charge in [0.05, 0.1) is 18.3 Å². The van der Waals surface area contributed by atoms with E-state index in [4.69, 9.17) is 0 Å². The van der Waals surface area contributed by atoms with Crippen LogP contribution in [0.4, 0.5) is 0 Å². The maximum Gasteiger partial charge on any atom is 0.240 e. The number of carbonyl (C=O) groups is 1. The minimum Gasteiger partial charge on any atom is -0.335 e. The lowest BCUT2D eigenvalue weighted by Crippen LogP contribution is -2.37. The van der Waals surface area contributed by atoms with Crippen molar-refractivity contribution in [2.45, 2.75) is 25.9 Å². The number of aromatic nitrogens is 1. The number of pyridine rings is 1. The van der Waals surface area contributed by atoms with Crippen LogP contribution in [0.3, 0.4) is 0 Å². The Hall–Kier alpha value is -1.42. The Kier molecular flexibility index (Phi) is 3.51. The van der Waals surface area contributed by atoms with Crippen LogP contribution in [0.25, 0.3) is 0 Å². The van der Waals surface area contributed by atoms with Gasteiger partial charge < -0.3 is 10.2 Å². The summed E-state index contributed by atoms with van der Waals surface area (Å²) in [4.78, 5) is 18.0. The summed E-state index contributed by atoms with van der Waals surface area (Å²) in [7, 11) is 0. The normalized spacial score (nSPS) is 20.4. The van der Waals surface area contributed by atoms with Crippen molar-refractivity contribution in [2.24, 2.45) is 0 Å². The highest BCUT2D eigenvalue weighted by Crippen LogP contribution is 2.13. The number of nitrogens with one attached hydrogen (secondary N) is 1. The molecule has 4 nitrogen and oxygen atoms in total. The average Bonchev–Trinajstić information content (AvgIpc) is 2.64. The molecule has 4 heteroatoms. The van der Waals surface area contributed by atoms with Crippen molar-refractivity contribution >= 4 is 5.91 Å². The van der Waals surface area contributed by atoms with Gasteiger partial charge in [0.2, 0.25) is 5.91 Å². The highest BCUT2D eigenvalue weighted by molar-refractivity contribution is 5.83. The Morgan fingerprint density at radius 1 is 1.56 bits per heavy atom. The van der Waals surface area contributed by atoms with Crippen molar-refractivity contribution in [1.29, 1.82) is 0 Å². The molecule has 0 aromatic carbocycles. The summed E-state index contributed by atoms with van der Waals surface area (Å²) in [6, 6.07) is 5.80. The van der Waals surface area contributed by atoms with Gasteiger partial charge in [-0.1, -0.05) is 13.0 Å². The van der Waals surface area contributed by atoms with E-state index in [-0.39, 0.29) is 11.9 Å². The van der Waals surface area contributed by atoms with Gasteiger partial charge in [-0.2, -0.15) is 0 Å². The van der Waals surface area contributed by atoms with E-state index in [1.807, 2.05) is 30.0 Å². The second-order valence-electron chi connectivity index (χ2n) is 3.98. The van der Waals surface area contributed by atoms with E-state index in [9.17, 15) is 4.79 Å². The first-order valence-corrected chi connectivity index (χ1v) is 5.73. The lowest BCUT2D eigenvalue weighted by molar-refractivity contribution is -0.129. The molecule has 1 aliphatic rings. The number of nitrogens with zero attached hydrogens (tertiary/aromatic N) is 2. The topological polar surface area (TPSA) is 45.2 Å². The number of amides is 1. The standard InChI is InChI=1S/C12H17N3O/c1-2-13-11-6-8-15(12(11)16)9-10-5-3-4-7-14-10/h3-5,7,11,13H,2,6,8-9H2,1H3. The molecule has 2 rings (SSSR count). The van der Waals surface area contributed by atoms with Crippen LogP contribution in [0.2, 0.25) is 0 Å². The third-order valence-corrected chi connectivity index (χ3v) is 2.83. The Balaban J connectivity index is 1.95. The van der Waals surface area contributed by atoms with Gasteiger partial charge >= 0.3 is 0 Å². The highest BCUT2D eigenvalue weighted by Gasteiger charge is 2.30. The molecule has 1 atom stereocenters. The van der Waals surface area contributed by atoms with E-state index in [1.165, 1.54) is 0 Å². The van der Waals surface area contributed by atoms with Crippen LogP contribution < -0.4 is 5.32 Å². The molecular weight excluding hydrogens is 202 g/mol. The fraction of sp³-hybridized carbons (Fsp3) is 0.500. The minimum absolute atomic E-state index is 0.00807. The lowest BCUT2D eigenvalue weighted by Gasteiger charge is -2.16. The van der Waals surface area contributed by atoms with E-state index < -0.39 is 0 Å². The van der Waals surface area contributed by atoms with Crippen molar-refractivity contribution in [3.8, 4) is 0 Å². The summed E-state index contributed by atoms with van der Waals surface area (Å²) < 4.78 is 0. The van der Waals surface area contributed by atoms with E-state index in [0.717, 1.165) is 25.2 Å². The third-order valence-electron chi connectivity index (χ3n) is 2.83. The number of hydrogen-bond donors (Lipinski definition) is 1. The summed E-state index contributed by atoms with van der Waals surface area (Å²) in [6.45, 7) is 4.32. The SMILES string of the molecule is CCNC1CCN(Cc2ccccn2)C1=O. The highest BCUT2D eigenvalue weighted by atomic mass is 16.2. The van der Waals surface area contributed by atoms with E-state index >= 15 is 0 Å². The molecule has 1 saturated heterocycles. The van der Waals surface area contributed by atoms with Crippen LogP contribution in [0.5, 0.6) is 0 Å². The number of carbonyl (C=O) groups excluding carboxylic acids is 1. The predicted molar refractivity (Wildman–Crippen MR) is 61.7 cm³/mol. The van der Waals surface area contributed by atoms with Gasteiger partial charge in [-0.05, 0) is 25.1 Å². The fourth-order valence-electron chi connectivity index (χ4n) is 2.02. The molecule has 1 aliphatic heterocycles. The summed E-state index contributed by atoms with van der Waals surface area (Å²) in [5.41, 5.74) is 0.952. The van der Waals surface area contributed by atoms with Crippen LogP contribution >= 0.6 is 0 Å². The molecule has 0 spiro atoms. The molecular formula is C12H17N3O. The van der Waals surface area contributed by atoms with E-state index in [1.54, 1.807) is 6.20 Å². The first kappa shape index (κ1) is 11.1. The van der Waals surface area contributed by atoms with Gasteiger partial charge in [0, 0.05) is 12.7 Å². The first-order valence-electron chi connectivity index (χ1n) is 5.73. The van der Waals surface area contributed by atoms with Gasteiger partial charge in [0.25, 0.3) is 0 Å². The van der Waals surface area contributed by atoms with E-state index in [2.05, 4.69) is 10.3 Å². The van der Waals surface area contributed by atoms with Gasteiger partial charge in [-0.3, -0.25) is 9.78 Å². The maximum atomic E-state index is 11.9. The van der Waals surface area contributed by atoms with Crippen LogP contribution in [0.15, 0.2) is 24.4 Å². The monoisotopic (exact) mass is 219 g/mol. The van der Waals surface area contributed by atoms with Crippen molar-refractivity contribution in [1.82, 2.24) is 15.2 Å². The number of likely N-dealkylation sites (N-methyl/N-ethyl adjacent to an activating group) is 1. The molecule has 1 N–H and O–H groups in total. The van der Waals surface area contributed by atoms with Crippen LogP contribution in [0.1, 0.15) is 19.0 Å².